The Morgan fingerprint density at radius 1 is 1.41 bits per heavy atom. The number of aromatic amines is 1. The lowest BCUT2D eigenvalue weighted by molar-refractivity contribution is 0.461. The lowest BCUT2D eigenvalue weighted by Crippen LogP contribution is -2.17. The first-order chi connectivity index (χ1) is 8.25. The summed E-state index contributed by atoms with van der Waals surface area (Å²) < 4.78 is 12.9. The second-order valence-corrected chi connectivity index (χ2v) is 3.74. The Hall–Kier alpha value is -1.88. The van der Waals surface area contributed by atoms with Crippen molar-refractivity contribution in [2.45, 2.75) is 13.0 Å². The summed E-state index contributed by atoms with van der Waals surface area (Å²) in [5.41, 5.74) is 0.560. The molecule has 0 amide bonds. The molecule has 2 rings (SSSR count). The van der Waals surface area contributed by atoms with E-state index in [4.69, 9.17) is 0 Å². The minimum Gasteiger partial charge on any atom is -0.508 e. The van der Waals surface area contributed by atoms with Crippen LogP contribution in [-0.4, -0.2) is 21.6 Å². The summed E-state index contributed by atoms with van der Waals surface area (Å²) in [5, 5.41) is 12.6. The maximum absolute atomic E-state index is 12.9. The van der Waals surface area contributed by atoms with Gasteiger partial charge in [0.05, 0.1) is 0 Å². The molecule has 0 radical (unpaired) electrons. The predicted molar refractivity (Wildman–Crippen MR) is 62.1 cm³/mol. The van der Waals surface area contributed by atoms with Crippen molar-refractivity contribution in [2.75, 3.05) is 6.54 Å². The van der Waals surface area contributed by atoms with Crippen LogP contribution in [0.25, 0.3) is 0 Å². The van der Waals surface area contributed by atoms with Crippen LogP contribution in [0, 0.1) is 5.82 Å². The van der Waals surface area contributed by atoms with Gasteiger partial charge in [-0.05, 0) is 18.2 Å². The molecule has 1 aromatic heterocycles. The molecule has 0 unspecified atom stereocenters. The van der Waals surface area contributed by atoms with Gasteiger partial charge in [0, 0.05) is 37.5 Å². The molecule has 3 N–H and O–H groups in total. The molecule has 0 fully saturated rings. The summed E-state index contributed by atoms with van der Waals surface area (Å²) in [6.07, 6.45) is 4.24. The van der Waals surface area contributed by atoms with Crippen molar-refractivity contribution in [3.63, 3.8) is 0 Å². The summed E-state index contributed by atoms with van der Waals surface area (Å²) >= 11 is 0. The van der Waals surface area contributed by atoms with Gasteiger partial charge in [0.1, 0.15) is 17.4 Å². The fourth-order valence-corrected chi connectivity index (χ4v) is 1.56. The van der Waals surface area contributed by atoms with Crippen LogP contribution >= 0.6 is 0 Å². The summed E-state index contributed by atoms with van der Waals surface area (Å²) in [5.74, 6) is 0.670. The Morgan fingerprint density at radius 3 is 3.06 bits per heavy atom. The fraction of sp³-hybridized carbons (Fsp3) is 0.250. The first kappa shape index (κ1) is 11.6. The van der Waals surface area contributed by atoms with E-state index in [2.05, 4.69) is 15.3 Å². The Balaban J connectivity index is 1.80. The van der Waals surface area contributed by atoms with Crippen molar-refractivity contribution < 1.29 is 9.50 Å². The average Bonchev–Trinajstić information content (AvgIpc) is 2.82. The number of nitrogens with zero attached hydrogens (tertiary/aromatic N) is 1. The predicted octanol–water partition coefficient (Wildman–Crippen LogP) is 1.59. The van der Waals surface area contributed by atoms with Crippen molar-refractivity contribution >= 4 is 0 Å². The van der Waals surface area contributed by atoms with Gasteiger partial charge in [-0.2, -0.15) is 0 Å². The van der Waals surface area contributed by atoms with Gasteiger partial charge in [-0.15, -0.1) is 0 Å². The largest absolute Gasteiger partial charge is 0.508 e. The first-order valence-corrected chi connectivity index (χ1v) is 5.42. The number of aromatic nitrogens is 2. The third-order valence-corrected chi connectivity index (χ3v) is 2.45. The fourth-order valence-electron chi connectivity index (χ4n) is 1.56. The van der Waals surface area contributed by atoms with Gasteiger partial charge >= 0.3 is 0 Å². The zero-order chi connectivity index (χ0) is 12.1. The number of hydrogen-bond acceptors (Lipinski definition) is 3. The van der Waals surface area contributed by atoms with E-state index in [1.807, 2.05) is 0 Å². The number of phenolic OH excluding ortho intramolecular Hbond substituents is 1. The Labute approximate surface area is 98.5 Å². The average molecular weight is 235 g/mol. The minimum atomic E-state index is -0.342. The Kier molecular flexibility index (Phi) is 3.72. The molecule has 2 aromatic rings. The van der Waals surface area contributed by atoms with Crippen LogP contribution in [0.5, 0.6) is 5.75 Å². The summed E-state index contributed by atoms with van der Waals surface area (Å²) in [6, 6.07) is 3.93. The van der Waals surface area contributed by atoms with Crippen molar-refractivity contribution in [1.29, 1.82) is 0 Å². The number of hydrogen-bond donors (Lipinski definition) is 3. The number of imidazole rings is 1. The maximum Gasteiger partial charge on any atom is 0.123 e. The van der Waals surface area contributed by atoms with E-state index in [1.165, 1.54) is 18.2 Å². The first-order valence-electron chi connectivity index (χ1n) is 5.42. The molecule has 0 spiro atoms. The van der Waals surface area contributed by atoms with Gasteiger partial charge < -0.3 is 15.4 Å². The molecule has 1 heterocycles. The van der Waals surface area contributed by atoms with Crippen molar-refractivity contribution in [3.8, 4) is 5.75 Å². The number of rotatable bonds is 5. The molecule has 0 atom stereocenters. The Morgan fingerprint density at radius 2 is 2.29 bits per heavy atom. The number of aromatic hydroxyl groups is 1. The van der Waals surface area contributed by atoms with Gasteiger partial charge in [0.25, 0.3) is 0 Å². The third kappa shape index (κ3) is 3.29. The van der Waals surface area contributed by atoms with Crippen LogP contribution < -0.4 is 5.32 Å². The molecule has 17 heavy (non-hydrogen) atoms. The van der Waals surface area contributed by atoms with Crippen LogP contribution in [0.15, 0.2) is 30.6 Å². The van der Waals surface area contributed by atoms with Crippen LogP contribution in [0.2, 0.25) is 0 Å². The molecule has 1 aromatic carbocycles. The molecule has 4 nitrogen and oxygen atoms in total. The molecule has 0 aliphatic carbocycles. The Bertz CT molecular complexity index is 471. The molecule has 0 saturated carbocycles. The molecule has 90 valence electrons. The molecule has 5 heteroatoms. The lowest BCUT2D eigenvalue weighted by atomic mass is 10.2. The summed E-state index contributed by atoms with van der Waals surface area (Å²) in [6.45, 7) is 1.15. The van der Waals surface area contributed by atoms with E-state index in [-0.39, 0.29) is 11.6 Å². The van der Waals surface area contributed by atoms with E-state index in [0.29, 0.717) is 18.7 Å². The van der Waals surface area contributed by atoms with Gasteiger partial charge in [-0.3, -0.25) is 0 Å². The quantitative estimate of drug-likeness (QED) is 0.690. The second kappa shape index (κ2) is 5.45. The van der Waals surface area contributed by atoms with Crippen molar-refractivity contribution in [1.82, 2.24) is 15.3 Å². The zero-order valence-corrected chi connectivity index (χ0v) is 9.28. The van der Waals surface area contributed by atoms with Gasteiger partial charge in [-0.1, -0.05) is 0 Å². The number of benzene rings is 1. The van der Waals surface area contributed by atoms with Gasteiger partial charge in [0.2, 0.25) is 0 Å². The van der Waals surface area contributed by atoms with Gasteiger partial charge in [0.15, 0.2) is 0 Å². The summed E-state index contributed by atoms with van der Waals surface area (Å²) in [7, 11) is 0. The number of nitrogens with one attached hydrogen (secondary N) is 2. The highest BCUT2D eigenvalue weighted by molar-refractivity contribution is 5.32. The van der Waals surface area contributed by atoms with Crippen molar-refractivity contribution in [3.05, 3.63) is 47.8 Å². The second-order valence-electron chi connectivity index (χ2n) is 3.74. The van der Waals surface area contributed by atoms with Crippen LogP contribution in [0.3, 0.4) is 0 Å². The third-order valence-electron chi connectivity index (χ3n) is 2.45. The standard InChI is InChI=1S/C12H14FN3O/c13-10-1-2-11(17)9(7-10)8-14-4-3-12-15-5-6-16-12/h1-2,5-7,14,17H,3-4,8H2,(H,15,16). The molecule has 0 aliphatic heterocycles. The molecular weight excluding hydrogens is 221 g/mol. The zero-order valence-electron chi connectivity index (χ0n) is 9.28. The van der Waals surface area contributed by atoms with E-state index in [0.717, 1.165) is 12.2 Å². The molecule has 0 aliphatic rings. The van der Waals surface area contributed by atoms with Crippen LogP contribution in [0.1, 0.15) is 11.4 Å². The van der Waals surface area contributed by atoms with Crippen LogP contribution in [0.4, 0.5) is 4.39 Å². The van der Waals surface area contributed by atoms with E-state index < -0.39 is 0 Å². The van der Waals surface area contributed by atoms with Crippen molar-refractivity contribution in [2.24, 2.45) is 0 Å². The van der Waals surface area contributed by atoms with Gasteiger partial charge in [-0.25, -0.2) is 9.37 Å². The smallest absolute Gasteiger partial charge is 0.123 e. The highest BCUT2D eigenvalue weighted by Crippen LogP contribution is 2.17. The van der Waals surface area contributed by atoms with Crippen LogP contribution in [-0.2, 0) is 13.0 Å². The highest BCUT2D eigenvalue weighted by atomic mass is 19.1. The topological polar surface area (TPSA) is 60.9 Å². The highest BCUT2D eigenvalue weighted by Gasteiger charge is 2.02. The normalized spacial score (nSPS) is 10.6. The SMILES string of the molecule is Oc1ccc(F)cc1CNCCc1ncc[nH]1. The van der Waals surface area contributed by atoms with E-state index >= 15 is 0 Å². The lowest BCUT2D eigenvalue weighted by Gasteiger charge is -2.06. The van der Waals surface area contributed by atoms with E-state index in [1.54, 1.807) is 12.4 Å². The van der Waals surface area contributed by atoms with E-state index in [9.17, 15) is 9.50 Å². The number of H-pyrrole nitrogens is 1. The number of phenols is 1. The maximum atomic E-state index is 12.9. The minimum absolute atomic E-state index is 0.108. The number of halogens is 1. The molecule has 0 bridgehead atoms. The monoisotopic (exact) mass is 235 g/mol. The summed E-state index contributed by atoms with van der Waals surface area (Å²) in [4.78, 5) is 7.08. The molecular formula is C12H14FN3O. The molecule has 0 saturated heterocycles.